The van der Waals surface area contributed by atoms with Crippen molar-refractivity contribution >= 4 is 46.3 Å². The average molecular weight is 620 g/mol. The number of ether oxygens (including phenoxy) is 3. The Hall–Kier alpha value is -3.82. The molecule has 4 heterocycles. The largest absolute Gasteiger partial charge is 0.573 e. The van der Waals surface area contributed by atoms with Gasteiger partial charge in [-0.25, -0.2) is 9.78 Å². The Bertz CT molecular complexity index is 1560. The number of aliphatic hydroxyl groups excluding tert-OH is 2. The van der Waals surface area contributed by atoms with E-state index in [0.717, 1.165) is 12.1 Å². The van der Waals surface area contributed by atoms with Gasteiger partial charge in [0.05, 0.1) is 12.9 Å². The van der Waals surface area contributed by atoms with Crippen LogP contribution < -0.4 is 10.5 Å². The maximum absolute atomic E-state index is 12.7. The van der Waals surface area contributed by atoms with Crippen LogP contribution in [0.25, 0.3) is 11.2 Å². The number of aliphatic hydroxyl groups is 2. The van der Waals surface area contributed by atoms with E-state index < -0.39 is 60.0 Å². The monoisotopic (exact) mass is 619 g/mol. The third-order valence-corrected chi connectivity index (χ3v) is 7.13. The molecule has 0 radical (unpaired) electrons. The van der Waals surface area contributed by atoms with Gasteiger partial charge >= 0.3 is 12.3 Å². The van der Waals surface area contributed by atoms with Gasteiger partial charge in [0, 0.05) is 4.90 Å². The van der Waals surface area contributed by atoms with Crippen molar-refractivity contribution in [2.24, 2.45) is 0 Å². The Kier molecular flexibility index (Phi) is 7.61. The SMILES string of the molecule is Nc1nc(Cl)nc2c1ncn2[C@@H]1O[C@H](COC(Sc2cccc(OC(F)(F)F)c2)(C(=O)O)c2nn[nH]n2)[C@@H](O)[C@H]1O. The van der Waals surface area contributed by atoms with Crippen LogP contribution in [-0.2, 0) is 19.2 Å². The van der Waals surface area contributed by atoms with Crippen molar-refractivity contribution in [2.45, 2.75) is 40.7 Å². The number of benzene rings is 1. The normalized spacial score (nSPS) is 22.6. The highest BCUT2D eigenvalue weighted by atomic mass is 35.5. The molecule has 0 spiro atoms. The standard InChI is InChI=1S/C20H17ClF3N9O7S/c21-18-27-13(25)10-14(28-18)33(6-26-10)15-12(35)11(34)9(39-15)5-38-19(17(36)37,16-29-31-32-30-16)41-8-3-1-2-7(4-8)40-20(22,23)24/h1-4,6,9,11-12,15,34-35H,5H2,(H,36,37)(H2,25,27,28)(H,29,30,31,32)/t9-,11-,12-,15-,19?/m1/s1. The van der Waals surface area contributed by atoms with Crippen molar-refractivity contribution < 1.29 is 47.5 Å². The minimum absolute atomic E-state index is 0.0382. The summed E-state index contributed by atoms with van der Waals surface area (Å²) in [6.45, 7) is -0.675. The molecule has 4 aromatic rings. The molecule has 218 valence electrons. The number of nitrogens with one attached hydrogen (secondary N) is 1. The zero-order valence-electron chi connectivity index (χ0n) is 20.0. The third kappa shape index (κ3) is 5.69. The summed E-state index contributed by atoms with van der Waals surface area (Å²) in [7, 11) is 0. The molecule has 0 saturated carbocycles. The van der Waals surface area contributed by atoms with Crippen LogP contribution in [0.5, 0.6) is 5.75 Å². The number of hydrogen-bond acceptors (Lipinski definition) is 14. The molecule has 5 rings (SSSR count). The maximum atomic E-state index is 12.7. The van der Waals surface area contributed by atoms with E-state index in [9.17, 15) is 33.3 Å². The first-order valence-corrected chi connectivity index (χ1v) is 12.4. The molecule has 21 heteroatoms. The van der Waals surface area contributed by atoms with Crippen molar-refractivity contribution in [3.63, 3.8) is 0 Å². The molecule has 1 saturated heterocycles. The topological polar surface area (TPSA) is 230 Å². The number of thioether (sulfide) groups is 1. The van der Waals surface area contributed by atoms with Crippen LogP contribution in [0.4, 0.5) is 19.0 Å². The van der Waals surface area contributed by atoms with Gasteiger partial charge in [0.15, 0.2) is 17.7 Å². The number of aromatic nitrogens is 8. The fourth-order valence-electron chi connectivity index (χ4n) is 3.94. The first kappa shape index (κ1) is 28.7. The average Bonchev–Trinajstić information content (AvgIpc) is 3.62. The Morgan fingerprint density at radius 2 is 2.05 bits per heavy atom. The summed E-state index contributed by atoms with van der Waals surface area (Å²) in [5.41, 5.74) is 6.04. The summed E-state index contributed by atoms with van der Waals surface area (Å²) < 4.78 is 54.8. The molecule has 3 aromatic heterocycles. The minimum atomic E-state index is -4.99. The zero-order valence-corrected chi connectivity index (χ0v) is 21.6. The zero-order chi connectivity index (χ0) is 29.5. The van der Waals surface area contributed by atoms with Crippen molar-refractivity contribution in [3.8, 4) is 5.75 Å². The number of anilines is 1. The van der Waals surface area contributed by atoms with E-state index in [2.05, 4.69) is 40.3 Å². The van der Waals surface area contributed by atoms with Crippen molar-refractivity contribution in [1.82, 2.24) is 40.1 Å². The predicted octanol–water partition coefficient (Wildman–Crippen LogP) is 0.839. The van der Waals surface area contributed by atoms with E-state index in [1.54, 1.807) is 0 Å². The van der Waals surface area contributed by atoms with E-state index >= 15 is 0 Å². The molecule has 0 bridgehead atoms. The molecule has 1 unspecified atom stereocenters. The lowest BCUT2D eigenvalue weighted by molar-refractivity contribution is -0.274. The highest BCUT2D eigenvalue weighted by Gasteiger charge is 2.51. The Balaban J connectivity index is 1.41. The number of nitrogen functional groups attached to an aromatic ring is 1. The van der Waals surface area contributed by atoms with Crippen LogP contribution in [0.2, 0.25) is 5.28 Å². The number of fused-ring (bicyclic) bond motifs is 1. The molecule has 1 aliphatic heterocycles. The van der Waals surface area contributed by atoms with Crippen molar-refractivity contribution in [1.29, 1.82) is 0 Å². The van der Waals surface area contributed by atoms with E-state index in [0.29, 0.717) is 11.8 Å². The molecule has 6 N–H and O–H groups in total. The van der Waals surface area contributed by atoms with E-state index in [1.165, 1.54) is 23.0 Å². The number of rotatable bonds is 9. The number of carboxylic acid groups (broad SMARTS) is 1. The Morgan fingerprint density at radius 3 is 2.73 bits per heavy atom. The molecule has 5 atom stereocenters. The summed E-state index contributed by atoms with van der Waals surface area (Å²) in [6, 6.07) is 4.46. The van der Waals surface area contributed by atoms with Gasteiger partial charge in [-0.15, -0.1) is 23.4 Å². The fraction of sp³-hybridized carbons (Fsp3) is 0.350. The van der Waals surface area contributed by atoms with Gasteiger partial charge < -0.3 is 35.3 Å². The van der Waals surface area contributed by atoms with Crippen LogP contribution in [0.3, 0.4) is 0 Å². The molecule has 41 heavy (non-hydrogen) atoms. The lowest BCUT2D eigenvalue weighted by atomic mass is 10.1. The van der Waals surface area contributed by atoms with Crippen LogP contribution in [0.1, 0.15) is 12.1 Å². The highest BCUT2D eigenvalue weighted by molar-refractivity contribution is 8.00. The Labute approximate surface area is 234 Å². The lowest BCUT2D eigenvalue weighted by Gasteiger charge is -2.27. The molecule has 0 aliphatic carbocycles. The molecule has 1 fully saturated rings. The van der Waals surface area contributed by atoms with Crippen molar-refractivity contribution in [2.75, 3.05) is 12.3 Å². The number of aliphatic carboxylic acids is 1. The first-order chi connectivity index (χ1) is 19.4. The maximum Gasteiger partial charge on any atom is 0.573 e. The third-order valence-electron chi connectivity index (χ3n) is 5.71. The van der Waals surface area contributed by atoms with Gasteiger partial charge in [0.1, 0.15) is 29.6 Å². The second-order valence-corrected chi connectivity index (χ2v) is 9.93. The molecule has 1 aliphatic rings. The second kappa shape index (κ2) is 10.9. The first-order valence-electron chi connectivity index (χ1n) is 11.2. The summed E-state index contributed by atoms with van der Waals surface area (Å²) >= 11 is 6.30. The molecular formula is C20H17ClF3N9O7S. The van der Waals surface area contributed by atoms with E-state index in [1.807, 2.05) is 0 Å². The molecule has 0 amide bonds. The Morgan fingerprint density at radius 1 is 1.27 bits per heavy atom. The van der Waals surface area contributed by atoms with Gasteiger partial charge in [-0.05, 0) is 29.8 Å². The number of carbonyl (C=O) groups is 1. The van der Waals surface area contributed by atoms with Gasteiger partial charge in [-0.1, -0.05) is 23.0 Å². The van der Waals surface area contributed by atoms with Crippen LogP contribution >= 0.6 is 23.4 Å². The van der Waals surface area contributed by atoms with Gasteiger partial charge in [0.2, 0.25) is 11.1 Å². The van der Waals surface area contributed by atoms with Gasteiger partial charge in [-0.3, -0.25) is 4.57 Å². The van der Waals surface area contributed by atoms with Crippen LogP contribution in [0, 0.1) is 0 Å². The number of aromatic amines is 1. The van der Waals surface area contributed by atoms with Crippen LogP contribution in [-0.4, -0.2) is 92.7 Å². The number of nitrogens with zero attached hydrogens (tertiary/aromatic N) is 7. The lowest BCUT2D eigenvalue weighted by Crippen LogP contribution is -2.41. The second-order valence-electron chi connectivity index (χ2n) is 8.34. The summed E-state index contributed by atoms with van der Waals surface area (Å²) in [5.74, 6) is -2.84. The quantitative estimate of drug-likeness (QED) is 0.0992. The molecule has 16 nitrogen and oxygen atoms in total. The molecule has 1 aromatic carbocycles. The number of halogens is 4. The minimum Gasteiger partial charge on any atom is -0.478 e. The van der Waals surface area contributed by atoms with Crippen molar-refractivity contribution in [3.05, 3.63) is 41.7 Å². The number of tetrazole rings is 1. The number of alkyl halides is 3. The van der Waals surface area contributed by atoms with Gasteiger partial charge in [-0.2, -0.15) is 15.2 Å². The summed E-state index contributed by atoms with van der Waals surface area (Å²) in [6.07, 6.45) is -9.59. The van der Waals surface area contributed by atoms with E-state index in [-0.39, 0.29) is 27.2 Å². The summed E-state index contributed by atoms with van der Waals surface area (Å²) in [5, 5.41) is 44.2. The number of H-pyrrole nitrogens is 1. The number of nitrogens with two attached hydrogens (primary N) is 1. The summed E-state index contributed by atoms with van der Waals surface area (Å²) in [4.78, 5) is 21.9. The van der Waals surface area contributed by atoms with Gasteiger partial charge in [0.25, 0.3) is 4.93 Å². The van der Waals surface area contributed by atoms with Crippen LogP contribution in [0.15, 0.2) is 35.5 Å². The number of imidazole rings is 1. The fourth-order valence-corrected chi connectivity index (χ4v) is 5.15. The highest BCUT2D eigenvalue weighted by Crippen LogP contribution is 2.43. The molecular weight excluding hydrogens is 603 g/mol. The smallest absolute Gasteiger partial charge is 0.478 e. The van der Waals surface area contributed by atoms with E-state index in [4.69, 9.17) is 26.8 Å². The predicted molar refractivity (Wildman–Crippen MR) is 129 cm³/mol. The number of carboxylic acids is 1. The number of hydrogen-bond donors (Lipinski definition) is 5.